The molecule has 0 saturated carbocycles. The fraction of sp³-hybridized carbons (Fsp3) is 0.235. The van der Waals surface area contributed by atoms with Gasteiger partial charge in [0.2, 0.25) is 0 Å². The van der Waals surface area contributed by atoms with Crippen LogP contribution in [0.2, 0.25) is 0 Å². The van der Waals surface area contributed by atoms with Gasteiger partial charge in [0.25, 0.3) is 0 Å². The summed E-state index contributed by atoms with van der Waals surface area (Å²) in [5, 5.41) is 6.92. The van der Waals surface area contributed by atoms with E-state index in [0.29, 0.717) is 0 Å². The van der Waals surface area contributed by atoms with Crippen LogP contribution in [0.1, 0.15) is 23.0 Å². The Balaban J connectivity index is 1.95. The summed E-state index contributed by atoms with van der Waals surface area (Å²) in [5.41, 5.74) is 9.75. The van der Waals surface area contributed by atoms with Crippen molar-refractivity contribution < 1.29 is 0 Å². The minimum absolute atomic E-state index is 0.0352. The van der Waals surface area contributed by atoms with Crippen LogP contribution >= 0.6 is 0 Å². The summed E-state index contributed by atoms with van der Waals surface area (Å²) in [6.07, 6.45) is 0.820. The van der Waals surface area contributed by atoms with Gasteiger partial charge < -0.3 is 5.73 Å². The van der Waals surface area contributed by atoms with Gasteiger partial charge in [-0.15, -0.1) is 0 Å². The lowest BCUT2D eigenvalue weighted by Gasteiger charge is -2.14. The van der Waals surface area contributed by atoms with Crippen molar-refractivity contribution >= 4 is 10.8 Å². The average molecular weight is 265 g/mol. The largest absolute Gasteiger partial charge is 0.322 e. The van der Waals surface area contributed by atoms with Crippen molar-refractivity contribution in [1.82, 2.24) is 9.78 Å². The number of nitrogens with zero attached hydrogens (tertiary/aromatic N) is 2. The molecule has 0 aliphatic rings. The normalized spacial score (nSPS) is 12.8. The molecule has 2 aromatic carbocycles. The molecule has 0 amide bonds. The SMILES string of the molecule is Cc1cc(C(N)Cc2cccc3ccccc23)n(C)n1. The van der Waals surface area contributed by atoms with E-state index in [1.807, 2.05) is 18.7 Å². The zero-order chi connectivity index (χ0) is 14.1. The van der Waals surface area contributed by atoms with Crippen LogP contribution in [0, 0.1) is 6.92 Å². The van der Waals surface area contributed by atoms with Gasteiger partial charge in [-0.25, -0.2) is 0 Å². The van der Waals surface area contributed by atoms with Crippen LogP contribution in [-0.2, 0) is 13.5 Å². The molecule has 1 heterocycles. The highest BCUT2D eigenvalue weighted by atomic mass is 15.3. The molecule has 0 aliphatic heterocycles. The number of aromatic nitrogens is 2. The first-order chi connectivity index (χ1) is 9.65. The fourth-order valence-corrected chi connectivity index (χ4v) is 2.79. The molecule has 1 aromatic heterocycles. The Hall–Kier alpha value is -2.13. The van der Waals surface area contributed by atoms with Crippen molar-refractivity contribution in [2.75, 3.05) is 0 Å². The van der Waals surface area contributed by atoms with Crippen LogP contribution in [0.5, 0.6) is 0 Å². The van der Waals surface area contributed by atoms with Crippen molar-refractivity contribution in [2.24, 2.45) is 12.8 Å². The highest BCUT2D eigenvalue weighted by Gasteiger charge is 2.13. The monoisotopic (exact) mass is 265 g/mol. The molecule has 1 atom stereocenters. The summed E-state index contributed by atoms with van der Waals surface area (Å²) < 4.78 is 1.88. The van der Waals surface area contributed by atoms with Crippen LogP contribution in [0.15, 0.2) is 48.5 Å². The van der Waals surface area contributed by atoms with Gasteiger partial charge in [-0.2, -0.15) is 5.10 Å². The first-order valence-electron chi connectivity index (χ1n) is 6.88. The van der Waals surface area contributed by atoms with Gasteiger partial charge in [0, 0.05) is 7.05 Å². The third-order valence-electron chi connectivity index (χ3n) is 3.74. The Morgan fingerprint density at radius 3 is 2.65 bits per heavy atom. The second-order valence-corrected chi connectivity index (χ2v) is 5.28. The van der Waals surface area contributed by atoms with E-state index < -0.39 is 0 Å². The van der Waals surface area contributed by atoms with Gasteiger partial charge in [-0.1, -0.05) is 42.5 Å². The van der Waals surface area contributed by atoms with Gasteiger partial charge in [0.15, 0.2) is 0 Å². The van der Waals surface area contributed by atoms with Crippen LogP contribution < -0.4 is 5.73 Å². The molecule has 20 heavy (non-hydrogen) atoms. The predicted octanol–water partition coefficient (Wildman–Crippen LogP) is 3.12. The summed E-state index contributed by atoms with van der Waals surface area (Å²) in [4.78, 5) is 0. The topological polar surface area (TPSA) is 43.8 Å². The average Bonchev–Trinajstić information content (AvgIpc) is 2.78. The molecule has 0 bridgehead atoms. The van der Waals surface area contributed by atoms with E-state index in [2.05, 4.69) is 53.6 Å². The van der Waals surface area contributed by atoms with Crippen molar-refractivity contribution in [3.63, 3.8) is 0 Å². The highest BCUT2D eigenvalue weighted by Crippen LogP contribution is 2.23. The minimum atomic E-state index is -0.0352. The molecule has 0 radical (unpaired) electrons. The molecule has 3 aromatic rings. The van der Waals surface area contributed by atoms with Crippen molar-refractivity contribution in [1.29, 1.82) is 0 Å². The van der Waals surface area contributed by atoms with E-state index in [1.165, 1.54) is 16.3 Å². The summed E-state index contributed by atoms with van der Waals surface area (Å²) in [6, 6.07) is 16.9. The minimum Gasteiger partial charge on any atom is -0.322 e. The summed E-state index contributed by atoms with van der Waals surface area (Å²) in [6.45, 7) is 1.99. The highest BCUT2D eigenvalue weighted by molar-refractivity contribution is 5.85. The second-order valence-electron chi connectivity index (χ2n) is 5.28. The lowest BCUT2D eigenvalue weighted by molar-refractivity contribution is 0.617. The molecule has 0 saturated heterocycles. The smallest absolute Gasteiger partial charge is 0.0597 e. The molecule has 0 fully saturated rings. The second kappa shape index (κ2) is 5.10. The van der Waals surface area contributed by atoms with Crippen LogP contribution in [-0.4, -0.2) is 9.78 Å². The maximum absolute atomic E-state index is 6.37. The molecular weight excluding hydrogens is 246 g/mol. The quantitative estimate of drug-likeness (QED) is 0.790. The maximum atomic E-state index is 6.37. The number of benzene rings is 2. The molecular formula is C17H19N3. The van der Waals surface area contributed by atoms with E-state index in [4.69, 9.17) is 5.73 Å². The van der Waals surface area contributed by atoms with Gasteiger partial charge in [-0.05, 0) is 35.7 Å². The number of rotatable bonds is 3. The molecule has 3 rings (SSSR count). The summed E-state index contributed by atoms with van der Waals surface area (Å²) >= 11 is 0. The van der Waals surface area contributed by atoms with E-state index in [0.717, 1.165) is 17.8 Å². The third-order valence-corrected chi connectivity index (χ3v) is 3.74. The van der Waals surface area contributed by atoms with Crippen LogP contribution in [0.4, 0.5) is 0 Å². The van der Waals surface area contributed by atoms with Gasteiger partial charge in [0.1, 0.15) is 0 Å². The number of hydrogen-bond donors (Lipinski definition) is 1. The van der Waals surface area contributed by atoms with Gasteiger partial charge in [0.05, 0.1) is 17.4 Å². The number of nitrogens with two attached hydrogens (primary N) is 1. The standard InChI is InChI=1S/C17H19N3/c1-12-10-17(20(2)19-12)16(18)11-14-8-5-7-13-6-3-4-9-15(13)14/h3-10,16H,11,18H2,1-2H3. The Kier molecular flexibility index (Phi) is 3.28. The van der Waals surface area contributed by atoms with Crippen molar-refractivity contribution in [3.05, 3.63) is 65.5 Å². The molecule has 2 N–H and O–H groups in total. The van der Waals surface area contributed by atoms with Gasteiger partial charge >= 0.3 is 0 Å². The lowest BCUT2D eigenvalue weighted by atomic mass is 9.98. The van der Waals surface area contributed by atoms with Gasteiger partial charge in [-0.3, -0.25) is 4.68 Å². The third kappa shape index (κ3) is 2.32. The Morgan fingerprint density at radius 2 is 1.90 bits per heavy atom. The Bertz CT molecular complexity index is 738. The molecule has 1 unspecified atom stereocenters. The zero-order valence-electron chi connectivity index (χ0n) is 11.9. The fourth-order valence-electron chi connectivity index (χ4n) is 2.79. The molecule has 0 aliphatic carbocycles. The van der Waals surface area contributed by atoms with E-state index >= 15 is 0 Å². The maximum Gasteiger partial charge on any atom is 0.0597 e. The summed E-state index contributed by atoms with van der Waals surface area (Å²) in [5.74, 6) is 0. The van der Waals surface area contributed by atoms with E-state index in [1.54, 1.807) is 0 Å². The molecule has 102 valence electrons. The molecule has 3 heteroatoms. The van der Waals surface area contributed by atoms with Crippen LogP contribution in [0.3, 0.4) is 0 Å². The number of fused-ring (bicyclic) bond motifs is 1. The lowest BCUT2D eigenvalue weighted by Crippen LogP contribution is -2.17. The van der Waals surface area contributed by atoms with Crippen LogP contribution in [0.25, 0.3) is 10.8 Å². The Morgan fingerprint density at radius 1 is 1.15 bits per heavy atom. The van der Waals surface area contributed by atoms with Crippen molar-refractivity contribution in [3.8, 4) is 0 Å². The van der Waals surface area contributed by atoms with Crippen molar-refractivity contribution in [2.45, 2.75) is 19.4 Å². The zero-order valence-corrected chi connectivity index (χ0v) is 11.9. The predicted molar refractivity (Wildman–Crippen MR) is 82.5 cm³/mol. The first-order valence-corrected chi connectivity index (χ1v) is 6.88. The number of hydrogen-bond acceptors (Lipinski definition) is 2. The first kappa shape index (κ1) is 12.9. The molecule has 3 nitrogen and oxygen atoms in total. The molecule has 0 spiro atoms. The summed E-state index contributed by atoms with van der Waals surface area (Å²) in [7, 11) is 1.95. The number of aryl methyl sites for hydroxylation is 2. The van der Waals surface area contributed by atoms with E-state index in [9.17, 15) is 0 Å². The van der Waals surface area contributed by atoms with E-state index in [-0.39, 0.29) is 6.04 Å². The Labute approximate surface area is 119 Å².